The molecular weight excluding hydrogens is 384 g/mol. The van der Waals surface area contributed by atoms with Crippen LogP contribution in [0.4, 0.5) is 4.79 Å². The molecule has 0 heterocycles. The SMILES string of the molecule is COC(=O)C/C=C\CNC(=O)C(Cc1ccccc1)NC(=O)OCc1ccccc1. The molecule has 0 aliphatic heterocycles. The molecule has 0 aliphatic carbocycles. The quantitative estimate of drug-likeness (QED) is 0.464. The lowest BCUT2D eigenvalue weighted by Gasteiger charge is -2.18. The van der Waals surface area contributed by atoms with Crippen molar-refractivity contribution in [1.82, 2.24) is 10.6 Å². The number of amides is 2. The summed E-state index contributed by atoms with van der Waals surface area (Å²) in [6, 6.07) is 17.9. The third kappa shape index (κ3) is 8.60. The Kier molecular flexibility index (Phi) is 9.65. The molecule has 2 N–H and O–H groups in total. The molecular formula is C23H26N2O5. The molecule has 0 fully saturated rings. The van der Waals surface area contributed by atoms with Crippen LogP contribution in [0, 0.1) is 0 Å². The predicted molar refractivity (Wildman–Crippen MR) is 112 cm³/mol. The summed E-state index contributed by atoms with van der Waals surface area (Å²) in [5.74, 6) is -0.708. The summed E-state index contributed by atoms with van der Waals surface area (Å²) in [5.41, 5.74) is 1.76. The van der Waals surface area contributed by atoms with Crippen molar-refractivity contribution in [2.45, 2.75) is 25.5 Å². The molecule has 30 heavy (non-hydrogen) atoms. The van der Waals surface area contributed by atoms with Crippen molar-refractivity contribution in [2.24, 2.45) is 0 Å². The van der Waals surface area contributed by atoms with E-state index in [1.54, 1.807) is 12.2 Å². The molecule has 0 saturated heterocycles. The summed E-state index contributed by atoms with van der Waals surface area (Å²) in [6.45, 7) is 0.338. The number of nitrogens with one attached hydrogen (secondary N) is 2. The second kappa shape index (κ2) is 12.8. The van der Waals surface area contributed by atoms with Gasteiger partial charge < -0.3 is 20.1 Å². The van der Waals surface area contributed by atoms with E-state index in [1.807, 2.05) is 60.7 Å². The smallest absolute Gasteiger partial charge is 0.408 e. The molecule has 2 rings (SSSR count). The van der Waals surface area contributed by atoms with Gasteiger partial charge in [-0.15, -0.1) is 0 Å². The van der Waals surface area contributed by atoms with Gasteiger partial charge in [0.1, 0.15) is 12.6 Å². The van der Waals surface area contributed by atoms with Gasteiger partial charge in [0.05, 0.1) is 13.5 Å². The fraction of sp³-hybridized carbons (Fsp3) is 0.261. The number of hydrogen-bond acceptors (Lipinski definition) is 5. The Bertz CT molecular complexity index is 837. The highest BCUT2D eigenvalue weighted by Crippen LogP contribution is 2.05. The highest BCUT2D eigenvalue weighted by Gasteiger charge is 2.21. The maximum Gasteiger partial charge on any atom is 0.408 e. The second-order valence-electron chi connectivity index (χ2n) is 6.45. The van der Waals surface area contributed by atoms with Crippen LogP contribution in [0.1, 0.15) is 17.5 Å². The molecule has 2 amide bonds. The summed E-state index contributed by atoms with van der Waals surface area (Å²) in [7, 11) is 1.31. The molecule has 2 aromatic carbocycles. The minimum Gasteiger partial charge on any atom is -0.469 e. The lowest BCUT2D eigenvalue weighted by molar-refractivity contribution is -0.139. The van der Waals surface area contributed by atoms with Crippen LogP contribution in [0.15, 0.2) is 72.8 Å². The van der Waals surface area contributed by atoms with Crippen molar-refractivity contribution < 1.29 is 23.9 Å². The first-order valence-corrected chi connectivity index (χ1v) is 9.59. The molecule has 2 aromatic rings. The van der Waals surface area contributed by atoms with Crippen LogP contribution in [0.3, 0.4) is 0 Å². The zero-order valence-electron chi connectivity index (χ0n) is 16.9. The van der Waals surface area contributed by atoms with Gasteiger partial charge in [-0.2, -0.15) is 0 Å². The molecule has 0 radical (unpaired) electrons. The first-order chi connectivity index (χ1) is 14.6. The van der Waals surface area contributed by atoms with E-state index in [4.69, 9.17) is 4.74 Å². The van der Waals surface area contributed by atoms with Gasteiger partial charge in [-0.1, -0.05) is 72.8 Å². The average Bonchev–Trinajstić information content (AvgIpc) is 2.78. The van der Waals surface area contributed by atoms with Crippen LogP contribution in [-0.4, -0.2) is 37.7 Å². The maximum absolute atomic E-state index is 12.6. The summed E-state index contributed by atoms with van der Waals surface area (Å²) < 4.78 is 9.78. The molecule has 0 spiro atoms. The van der Waals surface area contributed by atoms with Crippen molar-refractivity contribution in [3.05, 3.63) is 83.9 Å². The largest absolute Gasteiger partial charge is 0.469 e. The van der Waals surface area contributed by atoms with Gasteiger partial charge in [0.15, 0.2) is 0 Å². The Balaban J connectivity index is 1.91. The Morgan fingerprint density at radius 3 is 2.20 bits per heavy atom. The van der Waals surface area contributed by atoms with Crippen molar-refractivity contribution in [3.8, 4) is 0 Å². The van der Waals surface area contributed by atoms with E-state index >= 15 is 0 Å². The van der Waals surface area contributed by atoms with Gasteiger partial charge >= 0.3 is 12.1 Å². The maximum atomic E-state index is 12.6. The number of rotatable bonds is 10. The van der Waals surface area contributed by atoms with Crippen LogP contribution in [0.25, 0.3) is 0 Å². The van der Waals surface area contributed by atoms with E-state index in [-0.39, 0.29) is 31.4 Å². The molecule has 0 aliphatic rings. The van der Waals surface area contributed by atoms with E-state index < -0.39 is 12.1 Å². The Morgan fingerprint density at radius 1 is 0.933 bits per heavy atom. The zero-order chi connectivity index (χ0) is 21.6. The number of methoxy groups -OCH3 is 1. The molecule has 1 atom stereocenters. The molecule has 7 nitrogen and oxygen atoms in total. The number of carbonyl (C=O) groups is 3. The second-order valence-corrected chi connectivity index (χ2v) is 6.45. The number of benzene rings is 2. The minimum absolute atomic E-state index is 0.114. The van der Waals surface area contributed by atoms with E-state index in [1.165, 1.54) is 7.11 Å². The lowest BCUT2D eigenvalue weighted by Crippen LogP contribution is -2.48. The Labute approximate surface area is 176 Å². The molecule has 0 aromatic heterocycles. The summed E-state index contributed by atoms with van der Waals surface area (Å²) >= 11 is 0. The highest BCUT2D eigenvalue weighted by atomic mass is 16.5. The standard InChI is InChI=1S/C23H26N2O5/c1-29-21(26)14-8-9-15-24-22(27)20(16-18-10-4-2-5-11-18)25-23(28)30-17-19-12-6-3-7-13-19/h2-13,20H,14-17H2,1H3,(H,24,27)(H,25,28)/b9-8-. The highest BCUT2D eigenvalue weighted by molar-refractivity contribution is 5.86. The van der Waals surface area contributed by atoms with Crippen molar-refractivity contribution in [2.75, 3.05) is 13.7 Å². The third-order valence-corrected chi connectivity index (χ3v) is 4.18. The number of hydrogen-bond donors (Lipinski definition) is 2. The van der Waals surface area contributed by atoms with Gasteiger partial charge in [0.25, 0.3) is 0 Å². The van der Waals surface area contributed by atoms with Gasteiger partial charge in [0.2, 0.25) is 5.91 Å². The summed E-state index contributed by atoms with van der Waals surface area (Å²) in [5, 5.41) is 5.36. The van der Waals surface area contributed by atoms with Crippen LogP contribution >= 0.6 is 0 Å². The van der Waals surface area contributed by atoms with Crippen molar-refractivity contribution >= 4 is 18.0 Å². The number of ether oxygens (including phenoxy) is 2. The van der Waals surface area contributed by atoms with Crippen molar-refractivity contribution in [3.63, 3.8) is 0 Å². The molecule has 0 bridgehead atoms. The van der Waals surface area contributed by atoms with Crippen molar-refractivity contribution in [1.29, 1.82) is 0 Å². The Morgan fingerprint density at radius 2 is 1.57 bits per heavy atom. The first-order valence-electron chi connectivity index (χ1n) is 9.59. The van der Waals surface area contributed by atoms with Gasteiger partial charge in [0, 0.05) is 13.0 Å². The van der Waals surface area contributed by atoms with Crippen LogP contribution in [-0.2, 0) is 32.1 Å². The molecule has 158 valence electrons. The van der Waals surface area contributed by atoms with E-state index in [0.29, 0.717) is 6.42 Å². The van der Waals surface area contributed by atoms with E-state index in [0.717, 1.165) is 11.1 Å². The number of alkyl carbamates (subject to hydrolysis) is 1. The minimum atomic E-state index is -0.801. The van der Waals surface area contributed by atoms with Gasteiger partial charge in [-0.3, -0.25) is 9.59 Å². The monoisotopic (exact) mass is 410 g/mol. The van der Waals surface area contributed by atoms with Crippen LogP contribution in [0.5, 0.6) is 0 Å². The van der Waals surface area contributed by atoms with Gasteiger partial charge in [-0.05, 0) is 11.1 Å². The van der Waals surface area contributed by atoms with Crippen LogP contribution in [0.2, 0.25) is 0 Å². The molecule has 0 saturated carbocycles. The first kappa shape index (κ1) is 22.7. The van der Waals surface area contributed by atoms with E-state index in [2.05, 4.69) is 15.4 Å². The normalized spacial score (nSPS) is 11.5. The molecule has 7 heteroatoms. The fourth-order valence-electron chi connectivity index (χ4n) is 2.60. The van der Waals surface area contributed by atoms with E-state index in [9.17, 15) is 14.4 Å². The lowest BCUT2D eigenvalue weighted by atomic mass is 10.1. The summed E-state index contributed by atoms with van der Waals surface area (Å²) in [6.07, 6.45) is 3.04. The van der Waals surface area contributed by atoms with Crippen LogP contribution < -0.4 is 10.6 Å². The fourth-order valence-corrected chi connectivity index (χ4v) is 2.60. The van der Waals surface area contributed by atoms with Gasteiger partial charge in [-0.25, -0.2) is 4.79 Å². The molecule has 1 unspecified atom stereocenters. The predicted octanol–water partition coefficient (Wildman–Crippen LogP) is 2.76. The number of carbonyl (C=O) groups excluding carboxylic acids is 3. The average molecular weight is 410 g/mol. The topological polar surface area (TPSA) is 93.7 Å². The third-order valence-electron chi connectivity index (χ3n) is 4.18. The summed E-state index contributed by atoms with van der Waals surface area (Å²) in [4.78, 5) is 35.9. The Hall–Kier alpha value is -3.61. The zero-order valence-corrected chi connectivity index (χ0v) is 16.9. The number of esters is 1.